The highest BCUT2D eigenvalue weighted by Crippen LogP contribution is 2.24. The molecule has 1 aromatic heterocycles. The van der Waals surface area contributed by atoms with Crippen LogP contribution in [0.2, 0.25) is 5.02 Å². The van der Waals surface area contributed by atoms with Gasteiger partial charge >= 0.3 is 0 Å². The summed E-state index contributed by atoms with van der Waals surface area (Å²) in [4.78, 5) is 4.52. The zero-order chi connectivity index (χ0) is 13.5. The van der Waals surface area contributed by atoms with E-state index in [1.54, 1.807) is 0 Å². The molecule has 1 aliphatic rings. The monoisotopic (exact) mass is 282 g/mol. The van der Waals surface area contributed by atoms with Gasteiger partial charge in [0.05, 0.1) is 10.7 Å². The number of nitrogens with zero attached hydrogens (tertiary/aromatic N) is 1. The Hall–Kier alpha value is -0.800. The predicted molar refractivity (Wildman–Crippen MR) is 78.7 cm³/mol. The summed E-state index contributed by atoms with van der Waals surface area (Å²) >= 11 is 6.16. The van der Waals surface area contributed by atoms with Crippen LogP contribution >= 0.6 is 11.6 Å². The van der Waals surface area contributed by atoms with E-state index < -0.39 is 0 Å². The van der Waals surface area contributed by atoms with Gasteiger partial charge < -0.3 is 10.1 Å². The van der Waals surface area contributed by atoms with Crippen molar-refractivity contribution in [2.24, 2.45) is 0 Å². The molecule has 0 radical (unpaired) electrons. The topological polar surface area (TPSA) is 34.2 Å². The lowest BCUT2D eigenvalue weighted by Gasteiger charge is -2.22. The lowest BCUT2D eigenvalue weighted by molar-refractivity contribution is 0.148. The van der Waals surface area contributed by atoms with Gasteiger partial charge in [-0.05, 0) is 44.7 Å². The fourth-order valence-electron chi connectivity index (χ4n) is 2.39. The minimum absolute atomic E-state index is 0.332. The number of pyridine rings is 1. The molecule has 1 heterocycles. The van der Waals surface area contributed by atoms with Crippen LogP contribution < -0.4 is 10.1 Å². The number of hydrogen-bond acceptors (Lipinski definition) is 3. The summed E-state index contributed by atoms with van der Waals surface area (Å²) in [6.07, 6.45) is 7.60. The fourth-order valence-corrected chi connectivity index (χ4v) is 2.56. The summed E-state index contributed by atoms with van der Waals surface area (Å²) in [7, 11) is 0. The van der Waals surface area contributed by atoms with Crippen LogP contribution in [0.5, 0.6) is 5.88 Å². The van der Waals surface area contributed by atoms with Crippen LogP contribution in [0, 0.1) is 0 Å². The van der Waals surface area contributed by atoms with Crippen LogP contribution in [0.4, 0.5) is 0 Å². The van der Waals surface area contributed by atoms with E-state index in [-0.39, 0.29) is 0 Å². The second-order valence-corrected chi connectivity index (χ2v) is 5.54. The largest absolute Gasteiger partial charge is 0.474 e. The molecule has 0 atom stereocenters. The molecule has 0 amide bonds. The third-order valence-corrected chi connectivity index (χ3v) is 3.80. The van der Waals surface area contributed by atoms with Gasteiger partial charge in [-0.1, -0.05) is 24.9 Å². The van der Waals surface area contributed by atoms with Gasteiger partial charge in [0, 0.05) is 12.6 Å². The molecule has 0 aromatic carbocycles. The summed E-state index contributed by atoms with van der Waals surface area (Å²) < 4.78 is 5.96. The molecule has 19 heavy (non-hydrogen) atoms. The van der Waals surface area contributed by atoms with E-state index in [2.05, 4.69) is 17.2 Å². The third kappa shape index (κ3) is 4.66. The molecule has 0 bridgehead atoms. The molecular formula is C15H23ClN2O. The van der Waals surface area contributed by atoms with E-state index >= 15 is 0 Å². The molecule has 1 aromatic rings. The Labute approximate surface area is 120 Å². The molecule has 3 nitrogen and oxygen atoms in total. The lowest BCUT2D eigenvalue weighted by atomic mass is 9.98. The number of ether oxygens (including phenoxy) is 1. The SMILES string of the molecule is CCCNCc1nc(OC2CCCCC2)ccc1Cl. The van der Waals surface area contributed by atoms with Gasteiger partial charge in [-0.25, -0.2) is 4.98 Å². The molecule has 0 saturated heterocycles. The van der Waals surface area contributed by atoms with E-state index in [9.17, 15) is 0 Å². The Morgan fingerprint density at radius 1 is 1.32 bits per heavy atom. The number of aromatic nitrogens is 1. The van der Waals surface area contributed by atoms with Crippen molar-refractivity contribution >= 4 is 11.6 Å². The van der Waals surface area contributed by atoms with Crippen LogP contribution in [-0.2, 0) is 6.54 Å². The van der Waals surface area contributed by atoms with Crippen LogP contribution in [-0.4, -0.2) is 17.6 Å². The maximum atomic E-state index is 6.16. The van der Waals surface area contributed by atoms with Gasteiger partial charge in [0.15, 0.2) is 0 Å². The average Bonchev–Trinajstić information content (AvgIpc) is 2.44. The Balaban J connectivity index is 1.94. The standard InChI is InChI=1S/C15H23ClN2O/c1-2-10-17-11-14-13(16)8-9-15(18-14)19-12-6-4-3-5-7-12/h8-9,12,17H,2-7,10-11H2,1H3. The van der Waals surface area contributed by atoms with Crippen molar-refractivity contribution < 1.29 is 4.74 Å². The van der Waals surface area contributed by atoms with Crippen molar-refractivity contribution in [3.05, 3.63) is 22.8 Å². The summed E-state index contributed by atoms with van der Waals surface area (Å²) in [5, 5.41) is 4.03. The highest BCUT2D eigenvalue weighted by atomic mass is 35.5. The second-order valence-electron chi connectivity index (χ2n) is 5.13. The van der Waals surface area contributed by atoms with Crippen LogP contribution in [0.15, 0.2) is 12.1 Å². The first-order valence-electron chi connectivity index (χ1n) is 7.32. The average molecular weight is 283 g/mol. The molecule has 2 rings (SSSR count). The fraction of sp³-hybridized carbons (Fsp3) is 0.667. The highest BCUT2D eigenvalue weighted by molar-refractivity contribution is 6.31. The number of halogens is 1. The zero-order valence-corrected chi connectivity index (χ0v) is 12.4. The van der Waals surface area contributed by atoms with Crippen molar-refractivity contribution in [1.29, 1.82) is 0 Å². The molecule has 1 fully saturated rings. The van der Waals surface area contributed by atoms with Crippen LogP contribution in [0.3, 0.4) is 0 Å². The first-order valence-corrected chi connectivity index (χ1v) is 7.70. The van der Waals surface area contributed by atoms with Gasteiger partial charge in [-0.3, -0.25) is 0 Å². The third-order valence-electron chi connectivity index (χ3n) is 3.45. The zero-order valence-electron chi connectivity index (χ0n) is 11.6. The Kier molecular flexibility index (Phi) is 5.93. The maximum absolute atomic E-state index is 6.16. The van der Waals surface area contributed by atoms with Gasteiger partial charge in [0.2, 0.25) is 5.88 Å². The molecule has 0 unspecified atom stereocenters. The smallest absolute Gasteiger partial charge is 0.213 e. The lowest BCUT2D eigenvalue weighted by Crippen LogP contribution is -2.21. The van der Waals surface area contributed by atoms with Crippen molar-refractivity contribution in [2.45, 2.75) is 58.1 Å². The van der Waals surface area contributed by atoms with Gasteiger partial charge in [0.25, 0.3) is 0 Å². The molecule has 0 aliphatic heterocycles. The molecule has 1 saturated carbocycles. The van der Waals surface area contributed by atoms with E-state index in [0.29, 0.717) is 23.6 Å². The van der Waals surface area contributed by atoms with E-state index in [1.165, 1.54) is 19.3 Å². The highest BCUT2D eigenvalue weighted by Gasteiger charge is 2.16. The summed E-state index contributed by atoms with van der Waals surface area (Å²) in [5.41, 5.74) is 0.878. The van der Waals surface area contributed by atoms with Gasteiger partial charge in [-0.2, -0.15) is 0 Å². The molecule has 1 aliphatic carbocycles. The molecule has 4 heteroatoms. The van der Waals surface area contributed by atoms with Crippen molar-refractivity contribution in [3.8, 4) is 5.88 Å². The predicted octanol–water partition coefficient (Wildman–Crippen LogP) is 3.95. The van der Waals surface area contributed by atoms with Crippen LogP contribution in [0.25, 0.3) is 0 Å². The second kappa shape index (κ2) is 7.71. The number of rotatable bonds is 6. The maximum Gasteiger partial charge on any atom is 0.213 e. The molecule has 106 valence electrons. The molecular weight excluding hydrogens is 260 g/mol. The van der Waals surface area contributed by atoms with Gasteiger partial charge in [0.1, 0.15) is 6.10 Å². The summed E-state index contributed by atoms with van der Waals surface area (Å²) in [6, 6.07) is 3.76. The Bertz CT molecular complexity index is 392. The minimum atomic E-state index is 0.332. The summed E-state index contributed by atoms with van der Waals surface area (Å²) in [6.45, 7) is 3.82. The van der Waals surface area contributed by atoms with Crippen LogP contribution in [0.1, 0.15) is 51.1 Å². The molecule has 0 spiro atoms. The first kappa shape index (κ1) is 14.6. The molecule has 1 N–H and O–H groups in total. The quantitative estimate of drug-likeness (QED) is 0.802. The van der Waals surface area contributed by atoms with E-state index in [1.807, 2.05) is 12.1 Å². The normalized spacial score (nSPS) is 16.5. The minimum Gasteiger partial charge on any atom is -0.474 e. The van der Waals surface area contributed by atoms with Crippen molar-refractivity contribution in [3.63, 3.8) is 0 Å². The summed E-state index contributed by atoms with van der Waals surface area (Å²) in [5.74, 6) is 0.713. The Morgan fingerprint density at radius 3 is 2.84 bits per heavy atom. The van der Waals surface area contributed by atoms with Crippen molar-refractivity contribution in [2.75, 3.05) is 6.54 Å². The van der Waals surface area contributed by atoms with Gasteiger partial charge in [-0.15, -0.1) is 0 Å². The number of hydrogen-bond donors (Lipinski definition) is 1. The number of nitrogens with one attached hydrogen (secondary N) is 1. The van der Waals surface area contributed by atoms with Crippen molar-refractivity contribution in [1.82, 2.24) is 10.3 Å². The van der Waals surface area contributed by atoms with E-state index in [0.717, 1.165) is 31.5 Å². The Morgan fingerprint density at radius 2 is 2.11 bits per heavy atom. The van der Waals surface area contributed by atoms with E-state index in [4.69, 9.17) is 16.3 Å². The first-order chi connectivity index (χ1) is 9.29.